The van der Waals surface area contributed by atoms with E-state index in [-0.39, 0.29) is 5.41 Å². The highest BCUT2D eigenvalue weighted by Gasteiger charge is 2.39. The molecule has 0 aliphatic heterocycles. The van der Waals surface area contributed by atoms with Crippen LogP contribution in [-0.2, 0) is 13.0 Å². The summed E-state index contributed by atoms with van der Waals surface area (Å²) < 4.78 is 1.76. The van der Waals surface area contributed by atoms with E-state index in [2.05, 4.69) is 30.9 Å². The number of rotatable bonds is 6. The van der Waals surface area contributed by atoms with Gasteiger partial charge in [-0.25, -0.2) is 4.98 Å². The quantitative estimate of drug-likeness (QED) is 0.882. The summed E-state index contributed by atoms with van der Waals surface area (Å²) in [6.07, 6.45) is 5.37. The maximum Gasteiger partial charge on any atom is 0.137 e. The lowest BCUT2D eigenvalue weighted by Crippen LogP contribution is -2.44. The number of benzene rings is 1. The molecular formula is C17H24ClN3O. The maximum atomic E-state index is 11.2. The molecule has 1 unspecified atom stereocenters. The Balaban J connectivity index is 2.03. The lowest BCUT2D eigenvalue weighted by Gasteiger charge is -2.40. The smallest absolute Gasteiger partial charge is 0.137 e. The summed E-state index contributed by atoms with van der Waals surface area (Å²) in [5.74, 6) is 0. The third kappa shape index (κ3) is 4.31. The Hall–Kier alpha value is -1.39. The van der Waals surface area contributed by atoms with E-state index in [9.17, 15) is 5.11 Å². The van der Waals surface area contributed by atoms with E-state index in [4.69, 9.17) is 11.6 Å². The van der Waals surface area contributed by atoms with Crippen molar-refractivity contribution >= 4 is 11.6 Å². The zero-order valence-corrected chi connectivity index (χ0v) is 14.2. The van der Waals surface area contributed by atoms with E-state index >= 15 is 0 Å². The van der Waals surface area contributed by atoms with Gasteiger partial charge >= 0.3 is 0 Å². The summed E-state index contributed by atoms with van der Waals surface area (Å²) in [6, 6.07) is 7.82. The fourth-order valence-corrected chi connectivity index (χ4v) is 2.65. The third-order valence-corrected chi connectivity index (χ3v) is 4.61. The minimum Gasteiger partial charge on any atom is -0.389 e. The van der Waals surface area contributed by atoms with E-state index in [1.807, 2.05) is 24.3 Å². The molecular weight excluding hydrogens is 298 g/mol. The summed E-state index contributed by atoms with van der Waals surface area (Å²) >= 11 is 5.92. The molecule has 0 radical (unpaired) electrons. The minimum atomic E-state index is -0.765. The van der Waals surface area contributed by atoms with Gasteiger partial charge in [-0.15, -0.1) is 0 Å². The summed E-state index contributed by atoms with van der Waals surface area (Å²) in [4.78, 5) is 3.94. The van der Waals surface area contributed by atoms with Gasteiger partial charge in [-0.1, -0.05) is 44.5 Å². The molecule has 1 aromatic heterocycles. The predicted octanol–water partition coefficient (Wildman–Crippen LogP) is 3.73. The molecule has 0 bridgehead atoms. The van der Waals surface area contributed by atoms with E-state index in [1.54, 1.807) is 11.0 Å². The van der Waals surface area contributed by atoms with Gasteiger partial charge in [0, 0.05) is 11.6 Å². The van der Waals surface area contributed by atoms with Gasteiger partial charge in [0.05, 0.1) is 5.60 Å². The zero-order valence-electron chi connectivity index (χ0n) is 13.5. The monoisotopic (exact) mass is 321 g/mol. The topological polar surface area (TPSA) is 50.9 Å². The lowest BCUT2D eigenvalue weighted by atomic mass is 9.71. The molecule has 0 amide bonds. The molecule has 22 heavy (non-hydrogen) atoms. The maximum absolute atomic E-state index is 11.2. The molecule has 0 aliphatic carbocycles. The van der Waals surface area contributed by atoms with Crippen LogP contribution in [0.4, 0.5) is 0 Å². The predicted molar refractivity (Wildman–Crippen MR) is 88.8 cm³/mol. The van der Waals surface area contributed by atoms with Crippen LogP contribution in [0.25, 0.3) is 0 Å². The van der Waals surface area contributed by atoms with Gasteiger partial charge in [-0.2, -0.15) is 5.10 Å². The van der Waals surface area contributed by atoms with Crippen molar-refractivity contribution in [1.82, 2.24) is 14.8 Å². The van der Waals surface area contributed by atoms with Crippen LogP contribution in [0.15, 0.2) is 36.9 Å². The molecule has 1 N–H and O–H groups in total. The first-order valence-corrected chi connectivity index (χ1v) is 7.97. The average Bonchev–Trinajstić information content (AvgIpc) is 2.97. The van der Waals surface area contributed by atoms with E-state index in [0.717, 1.165) is 11.4 Å². The number of aromatic nitrogens is 3. The molecule has 1 atom stereocenters. The van der Waals surface area contributed by atoms with Gasteiger partial charge < -0.3 is 5.11 Å². The Kier molecular flexibility index (Phi) is 5.24. The molecule has 0 fully saturated rings. The lowest BCUT2D eigenvalue weighted by molar-refractivity contribution is -0.0741. The van der Waals surface area contributed by atoms with E-state index < -0.39 is 5.60 Å². The Morgan fingerprint density at radius 1 is 1.14 bits per heavy atom. The molecule has 2 aromatic rings. The SMILES string of the molecule is CC(C)(C)C(O)(CCc1ccc(Cl)cc1)CCn1cncn1. The molecule has 1 aromatic carbocycles. The normalized spacial score (nSPS) is 14.8. The number of halogens is 1. The van der Waals surface area contributed by atoms with E-state index in [0.29, 0.717) is 19.4 Å². The van der Waals surface area contributed by atoms with Crippen molar-refractivity contribution in [2.24, 2.45) is 5.41 Å². The summed E-state index contributed by atoms with van der Waals surface area (Å²) in [7, 11) is 0. The van der Waals surface area contributed by atoms with Crippen molar-refractivity contribution in [1.29, 1.82) is 0 Å². The molecule has 5 heteroatoms. The summed E-state index contributed by atoms with van der Waals surface area (Å²) in [5, 5.41) is 16.0. The Bertz CT molecular complexity index is 575. The van der Waals surface area contributed by atoms with Crippen LogP contribution in [0.1, 0.15) is 39.2 Å². The first kappa shape index (κ1) is 17.0. The Morgan fingerprint density at radius 3 is 2.36 bits per heavy atom. The number of hydrogen-bond donors (Lipinski definition) is 1. The molecule has 1 heterocycles. The second kappa shape index (κ2) is 6.80. The second-order valence-electron chi connectivity index (χ2n) is 6.82. The first-order valence-electron chi connectivity index (χ1n) is 7.59. The molecule has 0 saturated heterocycles. The highest BCUT2D eigenvalue weighted by Crippen LogP contribution is 2.37. The van der Waals surface area contributed by atoms with Crippen molar-refractivity contribution in [2.45, 2.75) is 52.2 Å². The standard InChI is InChI=1S/C17H24ClN3O/c1-16(2,3)17(22,10-11-21-13-19-12-20-21)9-8-14-4-6-15(18)7-5-14/h4-7,12-13,22H,8-11H2,1-3H3. The number of aryl methyl sites for hydroxylation is 2. The van der Waals surface area contributed by atoms with Crippen molar-refractivity contribution in [3.05, 3.63) is 47.5 Å². The number of nitrogens with zero attached hydrogens (tertiary/aromatic N) is 3. The van der Waals surface area contributed by atoms with Crippen molar-refractivity contribution in [3.63, 3.8) is 0 Å². The Morgan fingerprint density at radius 2 is 1.82 bits per heavy atom. The van der Waals surface area contributed by atoms with Crippen molar-refractivity contribution < 1.29 is 5.11 Å². The van der Waals surface area contributed by atoms with Crippen LogP contribution in [0, 0.1) is 5.41 Å². The minimum absolute atomic E-state index is 0.208. The van der Waals surface area contributed by atoms with Gasteiger partial charge in [0.2, 0.25) is 0 Å². The van der Waals surface area contributed by atoms with Crippen LogP contribution in [0.5, 0.6) is 0 Å². The summed E-state index contributed by atoms with van der Waals surface area (Å²) in [6.45, 7) is 6.90. The van der Waals surface area contributed by atoms with E-state index in [1.165, 1.54) is 11.9 Å². The largest absolute Gasteiger partial charge is 0.389 e. The number of hydrogen-bond acceptors (Lipinski definition) is 3. The summed E-state index contributed by atoms with van der Waals surface area (Å²) in [5.41, 5.74) is 0.214. The van der Waals surface area contributed by atoms with Crippen molar-refractivity contribution in [2.75, 3.05) is 0 Å². The van der Waals surface area contributed by atoms with Crippen LogP contribution >= 0.6 is 11.6 Å². The second-order valence-corrected chi connectivity index (χ2v) is 7.25. The van der Waals surface area contributed by atoms with Gasteiger partial charge in [-0.05, 0) is 42.4 Å². The van der Waals surface area contributed by atoms with Crippen LogP contribution in [0.2, 0.25) is 5.02 Å². The fourth-order valence-electron chi connectivity index (χ4n) is 2.52. The zero-order chi connectivity index (χ0) is 16.2. The number of aliphatic hydroxyl groups is 1. The Labute approximate surface area is 137 Å². The van der Waals surface area contributed by atoms with Crippen LogP contribution < -0.4 is 0 Å². The third-order valence-electron chi connectivity index (χ3n) is 4.36. The highest BCUT2D eigenvalue weighted by atomic mass is 35.5. The molecule has 2 rings (SSSR count). The first-order chi connectivity index (χ1) is 10.3. The fraction of sp³-hybridized carbons (Fsp3) is 0.529. The van der Waals surface area contributed by atoms with Gasteiger partial charge in [0.25, 0.3) is 0 Å². The molecule has 0 saturated carbocycles. The van der Waals surface area contributed by atoms with Crippen molar-refractivity contribution in [3.8, 4) is 0 Å². The van der Waals surface area contributed by atoms with Gasteiger partial charge in [-0.3, -0.25) is 4.68 Å². The average molecular weight is 322 g/mol. The molecule has 4 nitrogen and oxygen atoms in total. The van der Waals surface area contributed by atoms with Crippen LogP contribution in [0.3, 0.4) is 0 Å². The molecule has 120 valence electrons. The molecule has 0 aliphatic rings. The van der Waals surface area contributed by atoms with Crippen LogP contribution in [-0.4, -0.2) is 25.5 Å². The van der Waals surface area contributed by atoms with Gasteiger partial charge in [0.1, 0.15) is 12.7 Å². The molecule has 0 spiro atoms. The van der Waals surface area contributed by atoms with Gasteiger partial charge in [0.15, 0.2) is 0 Å². The highest BCUT2D eigenvalue weighted by molar-refractivity contribution is 6.30.